The van der Waals surface area contributed by atoms with Crippen LogP contribution >= 0.6 is 0 Å². The Labute approximate surface area is 182 Å². The second-order valence-electron chi connectivity index (χ2n) is 10.5. The predicted molar refractivity (Wildman–Crippen MR) is 129 cm³/mol. The second-order valence-corrected chi connectivity index (χ2v) is 10.5. The number of aryl methyl sites for hydroxylation is 1. The number of hydrogen-bond donors (Lipinski definition) is 1. The van der Waals surface area contributed by atoms with Crippen LogP contribution < -0.4 is 0 Å². The van der Waals surface area contributed by atoms with Crippen LogP contribution in [-0.4, -0.2) is 24.0 Å². The van der Waals surface area contributed by atoms with E-state index in [0.717, 1.165) is 6.42 Å². The number of fused-ring (bicyclic) bond motifs is 1. The molecule has 0 amide bonds. The van der Waals surface area contributed by atoms with E-state index in [1.807, 2.05) is 0 Å². The fourth-order valence-corrected chi connectivity index (χ4v) is 5.70. The van der Waals surface area contributed by atoms with E-state index in [2.05, 4.69) is 100 Å². The number of nitrogens with zero attached hydrogens (tertiary/aromatic N) is 1. The number of H-pyrrole nitrogens is 1. The minimum absolute atomic E-state index is 0.140. The lowest BCUT2D eigenvalue weighted by Crippen LogP contribution is -2.47. The Bertz CT molecular complexity index is 1000. The van der Waals surface area contributed by atoms with Crippen molar-refractivity contribution in [2.45, 2.75) is 70.8 Å². The van der Waals surface area contributed by atoms with E-state index in [0.29, 0.717) is 5.92 Å². The zero-order chi connectivity index (χ0) is 21.5. The summed E-state index contributed by atoms with van der Waals surface area (Å²) in [6.07, 6.45) is 5.94. The molecule has 1 aliphatic rings. The maximum Gasteiger partial charge on any atom is 0.0459 e. The van der Waals surface area contributed by atoms with Gasteiger partial charge in [-0.05, 0) is 82.3 Å². The summed E-state index contributed by atoms with van der Waals surface area (Å²) in [5.41, 5.74) is 7.52. The highest BCUT2D eigenvalue weighted by molar-refractivity contribution is 5.86. The minimum Gasteiger partial charge on any atom is -0.358 e. The molecule has 0 bridgehead atoms. The van der Waals surface area contributed by atoms with Gasteiger partial charge in [0.05, 0.1) is 0 Å². The van der Waals surface area contributed by atoms with Crippen molar-refractivity contribution in [2.24, 2.45) is 5.92 Å². The molecular weight excluding hydrogens is 364 g/mol. The molecule has 30 heavy (non-hydrogen) atoms. The van der Waals surface area contributed by atoms with Gasteiger partial charge >= 0.3 is 0 Å². The van der Waals surface area contributed by atoms with Crippen molar-refractivity contribution in [2.75, 3.05) is 14.1 Å². The van der Waals surface area contributed by atoms with E-state index < -0.39 is 0 Å². The van der Waals surface area contributed by atoms with Crippen LogP contribution in [0.4, 0.5) is 0 Å². The molecule has 0 spiro atoms. The van der Waals surface area contributed by atoms with Gasteiger partial charge in [0, 0.05) is 27.6 Å². The number of aromatic amines is 1. The van der Waals surface area contributed by atoms with Gasteiger partial charge in [-0.3, -0.25) is 4.90 Å². The third-order valence-corrected chi connectivity index (χ3v) is 7.63. The third kappa shape index (κ3) is 3.60. The number of benzene rings is 2. The first kappa shape index (κ1) is 21.2. The molecule has 0 radical (unpaired) electrons. The lowest BCUT2D eigenvalue weighted by molar-refractivity contribution is 0.0683. The van der Waals surface area contributed by atoms with Crippen molar-refractivity contribution in [1.29, 1.82) is 0 Å². The first-order valence-electron chi connectivity index (χ1n) is 11.6. The van der Waals surface area contributed by atoms with Crippen LogP contribution in [0.5, 0.6) is 0 Å². The van der Waals surface area contributed by atoms with E-state index in [9.17, 15) is 0 Å². The Morgan fingerprint density at radius 3 is 2.23 bits per heavy atom. The van der Waals surface area contributed by atoms with Gasteiger partial charge < -0.3 is 4.98 Å². The number of hydrogen-bond acceptors (Lipinski definition) is 1. The average molecular weight is 403 g/mol. The Balaban J connectivity index is 1.73. The van der Waals surface area contributed by atoms with E-state index in [1.54, 1.807) is 5.56 Å². The maximum absolute atomic E-state index is 3.89. The lowest BCUT2D eigenvalue weighted by Gasteiger charge is -2.49. The summed E-state index contributed by atoms with van der Waals surface area (Å²) in [6.45, 7) is 9.39. The van der Waals surface area contributed by atoms with Crippen LogP contribution in [0.1, 0.15) is 68.8 Å². The molecular formula is C28H38N2. The van der Waals surface area contributed by atoms with Gasteiger partial charge in [0.2, 0.25) is 0 Å². The van der Waals surface area contributed by atoms with Gasteiger partial charge in [-0.2, -0.15) is 0 Å². The fourth-order valence-electron chi connectivity index (χ4n) is 5.70. The third-order valence-electron chi connectivity index (χ3n) is 7.63. The zero-order valence-electron chi connectivity index (χ0n) is 19.7. The van der Waals surface area contributed by atoms with E-state index in [1.165, 1.54) is 53.4 Å². The highest BCUT2D eigenvalue weighted by Gasteiger charge is 2.45. The van der Waals surface area contributed by atoms with Gasteiger partial charge in [-0.15, -0.1) is 0 Å². The summed E-state index contributed by atoms with van der Waals surface area (Å²) in [5.74, 6) is 0.653. The van der Waals surface area contributed by atoms with Gasteiger partial charge in [0.25, 0.3) is 0 Å². The molecule has 1 saturated carbocycles. The highest BCUT2D eigenvalue weighted by Crippen LogP contribution is 2.50. The standard InChI is InChI=1S/C28H38N2/c1-20(2)18-24-23-19-21(3)12-13-25(23)29-26(24)27(4)14-16-28(17-15-27,30(5)6)22-10-8-7-9-11-22/h7-13,19-20,29H,14-18H2,1-6H3. The SMILES string of the molecule is Cc1ccc2[nH]c(C3(C)CCC(c4ccccc4)(N(C)C)CC3)c(CC(C)C)c2c1. The van der Waals surface area contributed by atoms with Crippen molar-refractivity contribution in [3.63, 3.8) is 0 Å². The molecule has 3 aromatic rings. The van der Waals surface area contributed by atoms with E-state index >= 15 is 0 Å². The Hall–Kier alpha value is -2.06. The van der Waals surface area contributed by atoms with Gasteiger partial charge in [0.15, 0.2) is 0 Å². The van der Waals surface area contributed by atoms with Crippen LogP contribution in [0.25, 0.3) is 10.9 Å². The quantitative estimate of drug-likeness (QED) is 0.488. The summed E-state index contributed by atoms with van der Waals surface area (Å²) >= 11 is 0. The van der Waals surface area contributed by atoms with Gasteiger partial charge in [-0.25, -0.2) is 0 Å². The molecule has 0 aliphatic heterocycles. The molecule has 1 aromatic heterocycles. The van der Waals surface area contributed by atoms with Crippen LogP contribution in [0.15, 0.2) is 48.5 Å². The molecule has 0 saturated heterocycles. The van der Waals surface area contributed by atoms with Crippen molar-refractivity contribution >= 4 is 10.9 Å². The molecule has 1 heterocycles. The molecule has 0 unspecified atom stereocenters. The van der Waals surface area contributed by atoms with Crippen molar-refractivity contribution < 1.29 is 0 Å². The topological polar surface area (TPSA) is 19.0 Å². The molecule has 0 atom stereocenters. The Morgan fingerprint density at radius 1 is 0.967 bits per heavy atom. The monoisotopic (exact) mass is 402 g/mol. The number of aromatic nitrogens is 1. The van der Waals surface area contributed by atoms with Crippen LogP contribution in [0, 0.1) is 12.8 Å². The first-order valence-corrected chi connectivity index (χ1v) is 11.6. The fraction of sp³-hybridized carbons (Fsp3) is 0.500. The molecule has 1 N–H and O–H groups in total. The highest BCUT2D eigenvalue weighted by atomic mass is 15.1. The first-order chi connectivity index (χ1) is 14.2. The van der Waals surface area contributed by atoms with Crippen molar-refractivity contribution in [1.82, 2.24) is 9.88 Å². The second kappa shape index (κ2) is 7.89. The smallest absolute Gasteiger partial charge is 0.0459 e. The summed E-state index contributed by atoms with van der Waals surface area (Å²) in [4.78, 5) is 6.35. The molecule has 1 aliphatic carbocycles. The van der Waals surface area contributed by atoms with Gasteiger partial charge in [-0.1, -0.05) is 62.7 Å². The molecule has 4 rings (SSSR count). The normalized spacial score (nSPS) is 24.8. The predicted octanol–water partition coefficient (Wildman–Crippen LogP) is 6.96. The van der Waals surface area contributed by atoms with Crippen molar-refractivity contribution in [3.05, 3.63) is 70.9 Å². The number of nitrogens with one attached hydrogen (secondary N) is 1. The summed E-state index contributed by atoms with van der Waals surface area (Å²) in [7, 11) is 4.51. The van der Waals surface area contributed by atoms with Crippen LogP contribution in [0.3, 0.4) is 0 Å². The molecule has 160 valence electrons. The van der Waals surface area contributed by atoms with Crippen LogP contribution in [0.2, 0.25) is 0 Å². The number of rotatable bonds is 5. The summed E-state index contributed by atoms with van der Waals surface area (Å²) in [5, 5.41) is 1.44. The van der Waals surface area contributed by atoms with E-state index in [4.69, 9.17) is 0 Å². The summed E-state index contributed by atoms with van der Waals surface area (Å²) < 4.78 is 0. The molecule has 2 heteroatoms. The minimum atomic E-state index is 0.140. The molecule has 2 aromatic carbocycles. The van der Waals surface area contributed by atoms with Crippen molar-refractivity contribution in [3.8, 4) is 0 Å². The van der Waals surface area contributed by atoms with Crippen LogP contribution in [-0.2, 0) is 17.4 Å². The Kier molecular flexibility index (Phi) is 5.57. The van der Waals surface area contributed by atoms with E-state index in [-0.39, 0.29) is 11.0 Å². The largest absolute Gasteiger partial charge is 0.358 e. The summed E-state index contributed by atoms with van der Waals surface area (Å²) in [6, 6.07) is 18.0. The molecule has 1 fully saturated rings. The average Bonchev–Trinajstić information content (AvgIpc) is 3.07. The lowest BCUT2D eigenvalue weighted by atomic mass is 9.63. The van der Waals surface area contributed by atoms with Gasteiger partial charge in [0.1, 0.15) is 0 Å². The Morgan fingerprint density at radius 2 is 1.63 bits per heavy atom. The molecule has 2 nitrogen and oxygen atoms in total. The maximum atomic E-state index is 3.89. The zero-order valence-corrected chi connectivity index (χ0v) is 19.7.